The predicted octanol–water partition coefficient (Wildman–Crippen LogP) is 2.29. The van der Waals surface area contributed by atoms with E-state index in [1.54, 1.807) is 0 Å². The number of aryl methyl sites for hydroxylation is 1. The van der Waals surface area contributed by atoms with Crippen molar-refractivity contribution < 1.29 is 4.74 Å². The minimum Gasteiger partial charge on any atom is -0.378 e. The molecule has 1 saturated heterocycles. The van der Waals surface area contributed by atoms with Crippen molar-refractivity contribution >= 4 is 11.6 Å². The standard InChI is InChI=1S/C21H36N6O/c1-4-22-20(25-18-12-19(28-5-2)21(18)9-7-10-21)24-16-8-6-11-27(14-16)17-13-23-26(3)15-17/h13,15-16,18-19H,4-12,14H2,1-3H3,(H2,22,24,25). The monoisotopic (exact) mass is 388 g/mol. The van der Waals surface area contributed by atoms with Gasteiger partial charge < -0.3 is 20.3 Å². The first-order valence-electron chi connectivity index (χ1n) is 11.1. The molecule has 4 rings (SSSR count). The summed E-state index contributed by atoms with van der Waals surface area (Å²) in [5.74, 6) is 0.978. The van der Waals surface area contributed by atoms with Crippen molar-refractivity contribution in [2.24, 2.45) is 17.5 Å². The van der Waals surface area contributed by atoms with Crippen molar-refractivity contribution in [3.05, 3.63) is 12.4 Å². The van der Waals surface area contributed by atoms with E-state index >= 15 is 0 Å². The van der Waals surface area contributed by atoms with Gasteiger partial charge in [-0.3, -0.25) is 9.67 Å². The fourth-order valence-corrected chi connectivity index (χ4v) is 5.19. The summed E-state index contributed by atoms with van der Waals surface area (Å²) in [6.07, 6.45) is 11.9. The van der Waals surface area contributed by atoms with Crippen molar-refractivity contribution in [2.75, 3.05) is 31.1 Å². The van der Waals surface area contributed by atoms with Crippen LogP contribution in [0.3, 0.4) is 0 Å². The van der Waals surface area contributed by atoms with E-state index in [0.29, 0.717) is 23.6 Å². The fourth-order valence-electron chi connectivity index (χ4n) is 5.19. The molecule has 3 atom stereocenters. The quantitative estimate of drug-likeness (QED) is 0.578. The minimum atomic E-state index is 0.348. The number of guanidine groups is 1. The molecule has 0 radical (unpaired) electrons. The summed E-state index contributed by atoms with van der Waals surface area (Å²) < 4.78 is 7.88. The van der Waals surface area contributed by atoms with Crippen LogP contribution in [0.5, 0.6) is 0 Å². The molecule has 28 heavy (non-hydrogen) atoms. The molecule has 7 nitrogen and oxygen atoms in total. The Morgan fingerprint density at radius 1 is 1.32 bits per heavy atom. The Labute approximate surface area is 168 Å². The molecule has 3 fully saturated rings. The maximum absolute atomic E-state index is 6.01. The molecule has 7 heteroatoms. The van der Waals surface area contributed by atoms with Gasteiger partial charge >= 0.3 is 0 Å². The fraction of sp³-hybridized carbons (Fsp3) is 0.810. The van der Waals surface area contributed by atoms with Crippen LogP contribution in [-0.4, -0.2) is 60.2 Å². The minimum absolute atomic E-state index is 0.348. The summed E-state index contributed by atoms with van der Waals surface area (Å²) in [4.78, 5) is 7.19. The molecule has 3 unspecified atom stereocenters. The Bertz CT molecular complexity index is 682. The van der Waals surface area contributed by atoms with Gasteiger partial charge in [0.2, 0.25) is 0 Å². The average molecular weight is 389 g/mol. The molecule has 1 aromatic heterocycles. The van der Waals surface area contributed by atoms with E-state index in [-0.39, 0.29) is 0 Å². The number of piperidine rings is 1. The summed E-state index contributed by atoms with van der Waals surface area (Å²) in [5.41, 5.74) is 1.56. The van der Waals surface area contributed by atoms with Gasteiger partial charge in [0.1, 0.15) is 0 Å². The number of aromatic nitrogens is 2. The second kappa shape index (κ2) is 8.31. The Morgan fingerprint density at radius 2 is 2.18 bits per heavy atom. The number of nitrogens with zero attached hydrogens (tertiary/aromatic N) is 4. The van der Waals surface area contributed by atoms with Gasteiger partial charge in [-0.1, -0.05) is 6.42 Å². The van der Waals surface area contributed by atoms with E-state index in [0.717, 1.165) is 38.6 Å². The Hall–Kier alpha value is -1.76. The van der Waals surface area contributed by atoms with Crippen LogP contribution < -0.4 is 15.5 Å². The zero-order valence-corrected chi connectivity index (χ0v) is 17.7. The van der Waals surface area contributed by atoms with Crippen molar-refractivity contribution in [1.82, 2.24) is 20.4 Å². The maximum Gasteiger partial charge on any atom is 0.191 e. The summed E-state index contributed by atoms with van der Waals surface area (Å²) in [5, 5.41) is 11.8. The number of hydrogen-bond acceptors (Lipinski definition) is 4. The highest BCUT2D eigenvalue weighted by atomic mass is 16.5. The Balaban J connectivity index is 1.36. The second-order valence-corrected chi connectivity index (χ2v) is 8.59. The normalized spacial score (nSPS) is 29.3. The highest BCUT2D eigenvalue weighted by Crippen LogP contribution is 2.57. The van der Waals surface area contributed by atoms with Gasteiger partial charge in [-0.05, 0) is 46.0 Å². The predicted molar refractivity (Wildman–Crippen MR) is 113 cm³/mol. The molecule has 1 aromatic rings. The van der Waals surface area contributed by atoms with E-state index in [4.69, 9.17) is 9.73 Å². The van der Waals surface area contributed by atoms with Gasteiger partial charge in [0.15, 0.2) is 5.96 Å². The highest BCUT2D eigenvalue weighted by Gasteiger charge is 2.59. The van der Waals surface area contributed by atoms with Gasteiger partial charge in [-0.15, -0.1) is 0 Å². The van der Waals surface area contributed by atoms with Crippen LogP contribution in [0, 0.1) is 5.41 Å². The largest absolute Gasteiger partial charge is 0.378 e. The average Bonchev–Trinajstić information content (AvgIpc) is 3.06. The third-order valence-corrected chi connectivity index (χ3v) is 6.88. The van der Waals surface area contributed by atoms with Crippen LogP contribution >= 0.6 is 0 Å². The number of ether oxygens (including phenoxy) is 1. The van der Waals surface area contributed by atoms with Gasteiger partial charge in [0.25, 0.3) is 0 Å². The third-order valence-electron chi connectivity index (χ3n) is 6.88. The SMILES string of the molecule is CCN=C(NC1CCCN(c2cnn(C)c2)C1)NC1CC(OCC)C12CCC2. The molecule has 0 aromatic carbocycles. The summed E-state index contributed by atoms with van der Waals surface area (Å²) >= 11 is 0. The van der Waals surface area contributed by atoms with Crippen LogP contribution in [-0.2, 0) is 11.8 Å². The molecule has 2 aliphatic carbocycles. The van der Waals surface area contributed by atoms with Gasteiger partial charge in [0, 0.05) is 57.0 Å². The first kappa shape index (κ1) is 19.6. The third kappa shape index (κ3) is 3.73. The molecular weight excluding hydrogens is 352 g/mol. The zero-order valence-electron chi connectivity index (χ0n) is 17.7. The number of aliphatic imine (C=N–C) groups is 1. The van der Waals surface area contributed by atoms with Crippen molar-refractivity contribution in [3.8, 4) is 0 Å². The van der Waals surface area contributed by atoms with E-state index in [1.807, 2.05) is 17.9 Å². The maximum atomic E-state index is 6.01. The number of rotatable bonds is 6. The van der Waals surface area contributed by atoms with E-state index in [9.17, 15) is 0 Å². The molecule has 156 valence electrons. The zero-order chi connectivity index (χ0) is 19.6. The number of anilines is 1. The van der Waals surface area contributed by atoms with E-state index in [2.05, 4.69) is 40.7 Å². The lowest BCUT2D eigenvalue weighted by molar-refractivity contribution is -0.168. The molecule has 2 heterocycles. The summed E-state index contributed by atoms with van der Waals surface area (Å²) in [7, 11) is 1.98. The molecule has 0 bridgehead atoms. The highest BCUT2D eigenvalue weighted by molar-refractivity contribution is 5.81. The second-order valence-electron chi connectivity index (χ2n) is 8.59. The number of nitrogens with one attached hydrogen (secondary N) is 2. The lowest BCUT2D eigenvalue weighted by Gasteiger charge is -2.61. The summed E-state index contributed by atoms with van der Waals surface area (Å²) in [6, 6.07) is 0.903. The molecule has 1 aliphatic heterocycles. The van der Waals surface area contributed by atoms with Gasteiger partial charge in [-0.2, -0.15) is 5.10 Å². The summed E-state index contributed by atoms with van der Waals surface area (Å²) in [6.45, 7) is 7.92. The Kier molecular flexibility index (Phi) is 5.80. The smallest absolute Gasteiger partial charge is 0.191 e. The van der Waals surface area contributed by atoms with Crippen LogP contribution in [0.4, 0.5) is 5.69 Å². The van der Waals surface area contributed by atoms with Gasteiger partial charge in [-0.25, -0.2) is 0 Å². The molecule has 2 N–H and O–H groups in total. The van der Waals surface area contributed by atoms with Crippen molar-refractivity contribution in [1.29, 1.82) is 0 Å². The topological polar surface area (TPSA) is 66.7 Å². The molecule has 1 spiro atoms. The molecule has 3 aliphatic rings. The van der Waals surface area contributed by atoms with Crippen LogP contribution in [0.1, 0.15) is 52.4 Å². The van der Waals surface area contributed by atoms with Crippen LogP contribution in [0.25, 0.3) is 0 Å². The van der Waals surface area contributed by atoms with E-state index < -0.39 is 0 Å². The molecule has 0 amide bonds. The molecule has 2 saturated carbocycles. The lowest BCUT2D eigenvalue weighted by Crippen LogP contribution is -2.69. The first-order valence-corrected chi connectivity index (χ1v) is 11.1. The van der Waals surface area contributed by atoms with Crippen LogP contribution in [0.2, 0.25) is 0 Å². The first-order chi connectivity index (χ1) is 13.6. The number of hydrogen-bond donors (Lipinski definition) is 2. The van der Waals surface area contributed by atoms with Crippen molar-refractivity contribution in [2.45, 2.75) is 70.6 Å². The Morgan fingerprint density at radius 3 is 2.82 bits per heavy atom. The van der Waals surface area contributed by atoms with Crippen LogP contribution in [0.15, 0.2) is 17.4 Å². The van der Waals surface area contributed by atoms with E-state index in [1.165, 1.54) is 37.8 Å². The van der Waals surface area contributed by atoms with Gasteiger partial charge in [0.05, 0.1) is 18.0 Å². The van der Waals surface area contributed by atoms with Crippen molar-refractivity contribution in [3.63, 3.8) is 0 Å². The lowest BCUT2D eigenvalue weighted by atomic mass is 9.51. The molecular formula is C21H36N6O.